The van der Waals surface area contributed by atoms with Crippen LogP contribution in [0.3, 0.4) is 0 Å². The minimum absolute atomic E-state index is 0.0162. The molecule has 5 nitrogen and oxygen atoms in total. The van der Waals surface area contributed by atoms with E-state index < -0.39 is 0 Å². The Labute approximate surface area is 138 Å². The Balaban J connectivity index is 1.67. The molecule has 1 aromatic heterocycles. The molecule has 2 aromatic rings. The molecule has 2 atom stereocenters. The maximum atomic E-state index is 13.0. The van der Waals surface area contributed by atoms with E-state index in [-0.39, 0.29) is 23.8 Å². The molecule has 0 radical (unpaired) electrons. The zero-order chi connectivity index (χ0) is 16.0. The van der Waals surface area contributed by atoms with Crippen molar-refractivity contribution in [3.05, 3.63) is 35.2 Å². The number of nitrogens with zero attached hydrogens (tertiary/aromatic N) is 2. The van der Waals surface area contributed by atoms with Gasteiger partial charge in [-0.05, 0) is 6.07 Å². The second-order valence-corrected chi connectivity index (χ2v) is 7.10. The van der Waals surface area contributed by atoms with Crippen molar-refractivity contribution in [2.75, 3.05) is 33.4 Å². The van der Waals surface area contributed by atoms with Crippen LogP contribution in [0.1, 0.15) is 10.4 Å². The quantitative estimate of drug-likeness (QED) is 0.801. The molecule has 0 N–H and O–H groups in total. The lowest BCUT2D eigenvalue weighted by Crippen LogP contribution is -2.45. The fourth-order valence-corrected chi connectivity index (χ4v) is 4.31. The average Bonchev–Trinajstić information content (AvgIpc) is 2.87. The van der Waals surface area contributed by atoms with E-state index in [2.05, 4.69) is 0 Å². The minimum atomic E-state index is -0.263. The van der Waals surface area contributed by atoms with Crippen molar-refractivity contribution < 1.29 is 14.3 Å². The van der Waals surface area contributed by atoms with Gasteiger partial charge in [0.1, 0.15) is 0 Å². The highest BCUT2D eigenvalue weighted by atomic mass is 32.1. The standard InChI is InChI=1S/C17H18N2O3S/c1-18-12-7-19(6-11(16(18)20)8-22-9-12)17(21)14-10-23-15-5-3-2-4-13(14)15/h2-5,10-12H,6-9H2,1H3/t11-,12+/m1/s1. The highest BCUT2D eigenvalue weighted by molar-refractivity contribution is 7.17. The molecule has 6 heteroatoms. The van der Waals surface area contributed by atoms with Crippen LogP contribution in [0, 0.1) is 5.92 Å². The predicted molar refractivity (Wildman–Crippen MR) is 88.6 cm³/mol. The van der Waals surface area contributed by atoms with Crippen LogP contribution in [0.15, 0.2) is 29.6 Å². The summed E-state index contributed by atoms with van der Waals surface area (Å²) in [6.45, 7) is 1.85. The number of hydrogen-bond acceptors (Lipinski definition) is 4. The van der Waals surface area contributed by atoms with Gasteiger partial charge in [0.15, 0.2) is 0 Å². The largest absolute Gasteiger partial charge is 0.378 e. The van der Waals surface area contributed by atoms with E-state index in [9.17, 15) is 9.59 Å². The van der Waals surface area contributed by atoms with Crippen molar-refractivity contribution in [2.45, 2.75) is 6.04 Å². The normalized spacial score (nSPS) is 24.8. The maximum Gasteiger partial charge on any atom is 0.255 e. The van der Waals surface area contributed by atoms with Crippen molar-refractivity contribution >= 4 is 33.2 Å². The molecule has 1 aromatic carbocycles. The number of likely N-dealkylation sites (N-methyl/N-ethyl adjacent to an activating group) is 1. The Morgan fingerprint density at radius 3 is 2.96 bits per heavy atom. The summed E-state index contributed by atoms with van der Waals surface area (Å²) in [5, 5.41) is 2.92. The Bertz CT molecular complexity index is 772. The minimum Gasteiger partial charge on any atom is -0.378 e. The third-order valence-corrected chi connectivity index (χ3v) is 5.71. The first-order valence-electron chi connectivity index (χ1n) is 7.75. The zero-order valence-electron chi connectivity index (χ0n) is 12.9. The van der Waals surface area contributed by atoms with Crippen LogP contribution in [0.5, 0.6) is 0 Å². The number of carbonyl (C=O) groups is 2. The van der Waals surface area contributed by atoms with Gasteiger partial charge in [-0.3, -0.25) is 9.59 Å². The molecule has 2 amide bonds. The molecular formula is C17H18N2O3S. The average molecular weight is 330 g/mol. The summed E-state index contributed by atoms with van der Waals surface area (Å²) >= 11 is 1.58. The maximum absolute atomic E-state index is 13.0. The van der Waals surface area contributed by atoms with Crippen LogP contribution >= 0.6 is 11.3 Å². The molecule has 2 aliphatic heterocycles. The van der Waals surface area contributed by atoms with Gasteiger partial charge in [-0.2, -0.15) is 0 Å². The lowest BCUT2D eigenvalue weighted by Gasteiger charge is -2.29. The van der Waals surface area contributed by atoms with Crippen LogP contribution in [0.4, 0.5) is 0 Å². The van der Waals surface area contributed by atoms with Crippen molar-refractivity contribution in [1.29, 1.82) is 0 Å². The molecule has 0 aliphatic carbocycles. The molecule has 2 fully saturated rings. The first-order valence-corrected chi connectivity index (χ1v) is 8.63. The van der Waals surface area contributed by atoms with Crippen LogP contribution in [-0.2, 0) is 9.53 Å². The number of thiophene rings is 1. The molecule has 3 heterocycles. The molecule has 2 saturated heterocycles. The summed E-state index contributed by atoms with van der Waals surface area (Å²) in [6.07, 6.45) is 0. The Hall–Kier alpha value is -1.92. The second-order valence-electron chi connectivity index (χ2n) is 6.19. The van der Waals surface area contributed by atoms with Gasteiger partial charge in [0.25, 0.3) is 5.91 Å². The van der Waals surface area contributed by atoms with Gasteiger partial charge in [-0.25, -0.2) is 0 Å². The number of amides is 2. The Kier molecular flexibility index (Phi) is 3.58. The van der Waals surface area contributed by atoms with E-state index in [1.807, 2.05) is 41.6 Å². The molecule has 0 unspecified atom stereocenters. The summed E-state index contributed by atoms with van der Waals surface area (Å²) in [4.78, 5) is 29.0. The van der Waals surface area contributed by atoms with Crippen molar-refractivity contribution in [1.82, 2.24) is 9.80 Å². The molecule has 23 heavy (non-hydrogen) atoms. The van der Waals surface area contributed by atoms with E-state index in [1.54, 1.807) is 16.2 Å². The van der Waals surface area contributed by atoms with Crippen molar-refractivity contribution in [3.8, 4) is 0 Å². The smallest absolute Gasteiger partial charge is 0.255 e. The number of carbonyl (C=O) groups excluding carboxylic acids is 2. The fourth-order valence-electron chi connectivity index (χ4n) is 3.38. The summed E-state index contributed by atoms with van der Waals surface area (Å²) < 4.78 is 6.71. The van der Waals surface area contributed by atoms with Crippen molar-refractivity contribution in [3.63, 3.8) is 0 Å². The lowest BCUT2D eigenvalue weighted by molar-refractivity contribution is -0.133. The fraction of sp³-hybridized carbons (Fsp3) is 0.412. The van der Waals surface area contributed by atoms with E-state index in [0.29, 0.717) is 26.3 Å². The van der Waals surface area contributed by atoms with Crippen LogP contribution < -0.4 is 0 Å². The van der Waals surface area contributed by atoms with Gasteiger partial charge in [-0.1, -0.05) is 18.2 Å². The topological polar surface area (TPSA) is 49.9 Å². The van der Waals surface area contributed by atoms with Crippen LogP contribution in [0.25, 0.3) is 10.1 Å². The van der Waals surface area contributed by atoms with E-state index in [0.717, 1.165) is 15.6 Å². The molecule has 2 bridgehead atoms. The van der Waals surface area contributed by atoms with Gasteiger partial charge in [0.2, 0.25) is 5.91 Å². The van der Waals surface area contributed by atoms with Gasteiger partial charge < -0.3 is 14.5 Å². The highest BCUT2D eigenvalue weighted by Crippen LogP contribution is 2.28. The van der Waals surface area contributed by atoms with Gasteiger partial charge >= 0.3 is 0 Å². The summed E-state index contributed by atoms with van der Waals surface area (Å²) in [5.74, 6) is -0.165. The number of fused-ring (bicyclic) bond motifs is 4. The molecule has 4 rings (SSSR count). The lowest BCUT2D eigenvalue weighted by atomic mass is 10.1. The van der Waals surface area contributed by atoms with Crippen molar-refractivity contribution in [2.24, 2.45) is 5.92 Å². The van der Waals surface area contributed by atoms with E-state index >= 15 is 0 Å². The van der Waals surface area contributed by atoms with E-state index in [4.69, 9.17) is 4.74 Å². The highest BCUT2D eigenvalue weighted by Gasteiger charge is 2.39. The first kappa shape index (κ1) is 14.7. The second kappa shape index (κ2) is 5.62. The third kappa shape index (κ3) is 2.42. The first-order chi connectivity index (χ1) is 11.1. The molecule has 2 aliphatic rings. The SMILES string of the molecule is CN1C(=O)[C@H]2COC[C@@H]1CN(C(=O)c1csc3ccccc13)C2. The van der Waals surface area contributed by atoms with Gasteiger partial charge in [0.05, 0.1) is 30.7 Å². The van der Waals surface area contributed by atoms with Crippen LogP contribution in [0.2, 0.25) is 0 Å². The zero-order valence-corrected chi connectivity index (χ0v) is 13.7. The van der Waals surface area contributed by atoms with E-state index in [1.165, 1.54) is 0 Å². The van der Waals surface area contributed by atoms with Crippen LogP contribution in [-0.4, -0.2) is 61.0 Å². The molecule has 120 valence electrons. The molecular weight excluding hydrogens is 312 g/mol. The monoisotopic (exact) mass is 330 g/mol. The Morgan fingerprint density at radius 1 is 1.26 bits per heavy atom. The number of rotatable bonds is 1. The Morgan fingerprint density at radius 2 is 2.09 bits per heavy atom. The van der Waals surface area contributed by atoms with Gasteiger partial charge in [0, 0.05) is 35.6 Å². The number of benzene rings is 1. The molecule has 0 saturated carbocycles. The number of hydrogen-bond donors (Lipinski definition) is 0. The third-order valence-electron chi connectivity index (χ3n) is 4.74. The summed E-state index contributed by atoms with van der Waals surface area (Å²) in [7, 11) is 1.81. The number of ether oxygens (including phenoxy) is 1. The predicted octanol–water partition coefficient (Wildman–Crippen LogP) is 1.83. The van der Waals surface area contributed by atoms with Gasteiger partial charge in [-0.15, -0.1) is 11.3 Å². The summed E-state index contributed by atoms with van der Waals surface area (Å²) in [6, 6.07) is 7.88. The molecule has 0 spiro atoms. The summed E-state index contributed by atoms with van der Waals surface area (Å²) in [5.41, 5.74) is 0.738.